The number of hydrogen-bond acceptors (Lipinski definition) is 2. The average molecular weight is 195 g/mol. The van der Waals surface area contributed by atoms with Crippen molar-refractivity contribution in [2.45, 2.75) is 6.04 Å². The molecule has 1 aromatic rings. The highest BCUT2D eigenvalue weighted by molar-refractivity contribution is 5.87. The topological polar surface area (TPSA) is 63.3 Å². The van der Waals surface area contributed by atoms with Crippen LogP contribution in [0.1, 0.15) is 22.0 Å². The second kappa shape index (κ2) is 4.02. The van der Waals surface area contributed by atoms with Crippen molar-refractivity contribution < 1.29 is 14.3 Å². The van der Waals surface area contributed by atoms with Gasteiger partial charge in [-0.3, -0.25) is 0 Å². The SMILES string of the molecule is C=CC(N)c1cc(C(=O)O)ccc1F. The van der Waals surface area contributed by atoms with Gasteiger partial charge in [-0.05, 0) is 18.2 Å². The highest BCUT2D eigenvalue weighted by Crippen LogP contribution is 2.17. The minimum Gasteiger partial charge on any atom is -0.478 e. The molecular formula is C10H10FNO2. The van der Waals surface area contributed by atoms with Crippen molar-refractivity contribution in [1.29, 1.82) is 0 Å². The molecule has 0 spiro atoms. The van der Waals surface area contributed by atoms with Gasteiger partial charge in [0.1, 0.15) is 5.82 Å². The van der Waals surface area contributed by atoms with Crippen molar-refractivity contribution in [2.24, 2.45) is 5.73 Å². The number of halogens is 1. The third-order valence-electron chi connectivity index (χ3n) is 1.86. The molecule has 0 amide bonds. The van der Waals surface area contributed by atoms with E-state index in [9.17, 15) is 9.18 Å². The lowest BCUT2D eigenvalue weighted by atomic mass is 10.0. The molecule has 1 unspecified atom stereocenters. The van der Waals surface area contributed by atoms with Crippen LogP contribution >= 0.6 is 0 Å². The predicted octanol–water partition coefficient (Wildman–Crippen LogP) is 1.71. The molecule has 3 nitrogen and oxygen atoms in total. The Kier molecular flexibility index (Phi) is 2.99. The second-order valence-corrected chi connectivity index (χ2v) is 2.80. The first-order chi connectivity index (χ1) is 6.56. The Morgan fingerprint density at radius 2 is 2.29 bits per heavy atom. The Morgan fingerprint density at radius 1 is 1.64 bits per heavy atom. The molecule has 0 saturated carbocycles. The molecule has 0 aromatic heterocycles. The highest BCUT2D eigenvalue weighted by atomic mass is 19.1. The molecule has 4 heteroatoms. The summed E-state index contributed by atoms with van der Waals surface area (Å²) in [5.41, 5.74) is 5.66. The Balaban J connectivity index is 3.20. The fourth-order valence-corrected chi connectivity index (χ4v) is 1.06. The number of carbonyl (C=O) groups is 1. The third-order valence-corrected chi connectivity index (χ3v) is 1.86. The number of benzene rings is 1. The summed E-state index contributed by atoms with van der Waals surface area (Å²) in [7, 11) is 0. The zero-order valence-corrected chi connectivity index (χ0v) is 7.40. The molecule has 0 aliphatic carbocycles. The van der Waals surface area contributed by atoms with Gasteiger partial charge < -0.3 is 10.8 Å². The molecule has 74 valence electrons. The van der Waals surface area contributed by atoms with Crippen molar-refractivity contribution >= 4 is 5.97 Å². The highest BCUT2D eigenvalue weighted by Gasteiger charge is 2.11. The van der Waals surface area contributed by atoms with E-state index in [1.54, 1.807) is 0 Å². The van der Waals surface area contributed by atoms with Crippen LogP contribution in [0.25, 0.3) is 0 Å². The summed E-state index contributed by atoms with van der Waals surface area (Å²) in [6.45, 7) is 3.41. The van der Waals surface area contributed by atoms with Gasteiger partial charge in [0.25, 0.3) is 0 Å². The van der Waals surface area contributed by atoms with Gasteiger partial charge in [-0.15, -0.1) is 6.58 Å². The van der Waals surface area contributed by atoms with Crippen LogP contribution in [-0.2, 0) is 0 Å². The van der Waals surface area contributed by atoms with E-state index in [2.05, 4.69) is 6.58 Å². The average Bonchev–Trinajstić information content (AvgIpc) is 2.17. The van der Waals surface area contributed by atoms with E-state index in [-0.39, 0.29) is 11.1 Å². The molecule has 0 aliphatic heterocycles. The fourth-order valence-electron chi connectivity index (χ4n) is 1.06. The van der Waals surface area contributed by atoms with Crippen LogP contribution in [-0.4, -0.2) is 11.1 Å². The summed E-state index contributed by atoms with van der Waals surface area (Å²) in [4.78, 5) is 10.6. The van der Waals surface area contributed by atoms with Crippen LogP contribution in [0.3, 0.4) is 0 Å². The van der Waals surface area contributed by atoms with Crippen LogP contribution in [0.15, 0.2) is 30.9 Å². The van der Waals surface area contributed by atoms with Gasteiger partial charge in [-0.2, -0.15) is 0 Å². The third kappa shape index (κ3) is 1.97. The van der Waals surface area contributed by atoms with E-state index in [0.29, 0.717) is 0 Å². The van der Waals surface area contributed by atoms with E-state index in [4.69, 9.17) is 10.8 Å². The summed E-state index contributed by atoms with van der Waals surface area (Å²) in [5, 5.41) is 8.67. The van der Waals surface area contributed by atoms with Crippen LogP contribution < -0.4 is 5.73 Å². The van der Waals surface area contributed by atoms with E-state index < -0.39 is 17.8 Å². The molecule has 0 fully saturated rings. The van der Waals surface area contributed by atoms with Crippen molar-refractivity contribution in [3.8, 4) is 0 Å². The molecule has 1 rings (SSSR count). The number of nitrogens with two attached hydrogens (primary N) is 1. The maximum Gasteiger partial charge on any atom is 0.335 e. The Morgan fingerprint density at radius 3 is 2.79 bits per heavy atom. The zero-order valence-electron chi connectivity index (χ0n) is 7.40. The molecule has 0 bridgehead atoms. The normalized spacial score (nSPS) is 12.1. The second-order valence-electron chi connectivity index (χ2n) is 2.80. The number of aromatic carboxylic acids is 1. The first-order valence-corrected chi connectivity index (χ1v) is 3.97. The lowest BCUT2D eigenvalue weighted by Crippen LogP contribution is -2.10. The van der Waals surface area contributed by atoms with E-state index >= 15 is 0 Å². The molecule has 1 atom stereocenters. The minimum atomic E-state index is -1.11. The molecule has 0 radical (unpaired) electrons. The van der Waals surface area contributed by atoms with Crippen LogP contribution in [0.5, 0.6) is 0 Å². The zero-order chi connectivity index (χ0) is 10.7. The summed E-state index contributed by atoms with van der Waals surface area (Å²) >= 11 is 0. The number of carboxylic acid groups (broad SMARTS) is 1. The first-order valence-electron chi connectivity index (χ1n) is 3.97. The smallest absolute Gasteiger partial charge is 0.335 e. The van der Waals surface area contributed by atoms with Crippen LogP contribution in [0, 0.1) is 5.82 Å². The maximum atomic E-state index is 13.1. The molecule has 0 aliphatic rings. The minimum absolute atomic E-state index is 0.0127. The van der Waals surface area contributed by atoms with Gasteiger partial charge in [-0.1, -0.05) is 6.08 Å². The van der Waals surface area contributed by atoms with Crippen molar-refractivity contribution in [3.05, 3.63) is 47.8 Å². The summed E-state index contributed by atoms with van der Waals surface area (Å²) in [6.07, 6.45) is 1.35. The van der Waals surface area contributed by atoms with Gasteiger partial charge in [0.15, 0.2) is 0 Å². The van der Waals surface area contributed by atoms with Gasteiger partial charge in [0.05, 0.1) is 11.6 Å². The van der Waals surface area contributed by atoms with Gasteiger partial charge >= 0.3 is 5.97 Å². The molecule has 3 N–H and O–H groups in total. The molecule has 0 saturated heterocycles. The molecule has 1 aromatic carbocycles. The lowest BCUT2D eigenvalue weighted by Gasteiger charge is -2.08. The number of hydrogen-bond donors (Lipinski definition) is 2. The van der Waals surface area contributed by atoms with Crippen molar-refractivity contribution in [3.63, 3.8) is 0 Å². The summed E-state index contributed by atoms with van der Waals surface area (Å²) in [6, 6.07) is 2.80. The molecule has 14 heavy (non-hydrogen) atoms. The van der Waals surface area contributed by atoms with Gasteiger partial charge in [-0.25, -0.2) is 9.18 Å². The van der Waals surface area contributed by atoms with Crippen molar-refractivity contribution in [1.82, 2.24) is 0 Å². The predicted molar refractivity (Wildman–Crippen MR) is 50.5 cm³/mol. The lowest BCUT2D eigenvalue weighted by molar-refractivity contribution is 0.0696. The summed E-state index contributed by atoms with van der Waals surface area (Å²) in [5.74, 6) is -1.63. The maximum absolute atomic E-state index is 13.1. The number of carboxylic acids is 1. The van der Waals surface area contributed by atoms with Crippen molar-refractivity contribution in [2.75, 3.05) is 0 Å². The fraction of sp³-hybridized carbons (Fsp3) is 0.100. The monoisotopic (exact) mass is 195 g/mol. The van der Waals surface area contributed by atoms with Gasteiger partial charge in [0.2, 0.25) is 0 Å². The van der Waals surface area contributed by atoms with Crippen LogP contribution in [0.2, 0.25) is 0 Å². The van der Waals surface area contributed by atoms with E-state index in [0.717, 1.165) is 6.07 Å². The largest absolute Gasteiger partial charge is 0.478 e. The van der Waals surface area contributed by atoms with Crippen LogP contribution in [0.4, 0.5) is 4.39 Å². The molecular weight excluding hydrogens is 185 g/mol. The van der Waals surface area contributed by atoms with E-state index in [1.165, 1.54) is 18.2 Å². The molecule has 0 heterocycles. The van der Waals surface area contributed by atoms with Gasteiger partial charge in [0, 0.05) is 5.56 Å². The van der Waals surface area contributed by atoms with E-state index in [1.807, 2.05) is 0 Å². The first kappa shape index (κ1) is 10.4. The Labute approximate surface area is 80.7 Å². The standard InChI is InChI=1S/C10H10FNO2/c1-2-9(12)7-5-6(10(13)14)3-4-8(7)11/h2-5,9H,1,12H2,(H,13,14). The Bertz CT molecular complexity index is 376. The quantitative estimate of drug-likeness (QED) is 0.721. The summed E-state index contributed by atoms with van der Waals surface area (Å²) < 4.78 is 13.1. The number of rotatable bonds is 3. The Hall–Kier alpha value is -1.68.